The third kappa shape index (κ3) is 3.79. The van der Waals surface area contributed by atoms with Gasteiger partial charge >= 0.3 is 6.09 Å². The van der Waals surface area contributed by atoms with Gasteiger partial charge in [0.15, 0.2) is 0 Å². The van der Waals surface area contributed by atoms with E-state index in [1.54, 1.807) is 11.1 Å². The summed E-state index contributed by atoms with van der Waals surface area (Å²) in [6, 6.07) is -0.0187. The molecule has 1 aromatic heterocycles. The van der Waals surface area contributed by atoms with Gasteiger partial charge in [0.2, 0.25) is 0 Å². The number of anilines is 1. The number of hydrogen-bond donors (Lipinski definition) is 1. The van der Waals surface area contributed by atoms with E-state index < -0.39 is 5.60 Å². The minimum absolute atomic E-state index is 0.0187. The maximum atomic E-state index is 12.2. The molecule has 0 unspecified atom stereocenters. The van der Waals surface area contributed by atoms with Crippen LogP contribution in [0.1, 0.15) is 27.7 Å². The number of ether oxygens (including phenoxy) is 1. The van der Waals surface area contributed by atoms with Gasteiger partial charge in [0.1, 0.15) is 10.1 Å². The van der Waals surface area contributed by atoms with Crippen molar-refractivity contribution < 1.29 is 9.53 Å². The monoisotopic (exact) mass is 372 g/mol. The van der Waals surface area contributed by atoms with Crippen molar-refractivity contribution in [3.8, 4) is 0 Å². The maximum Gasteiger partial charge on any atom is 0.410 e. The second-order valence-electron chi connectivity index (χ2n) is 6.37. The first-order valence-electron chi connectivity index (χ1n) is 7.17. The van der Waals surface area contributed by atoms with Crippen LogP contribution < -0.4 is 10.5 Å². The highest BCUT2D eigenvalue weighted by atomic mass is 79.9. The normalized spacial score (nSPS) is 19.2. The smallest absolute Gasteiger partial charge is 0.410 e. The van der Waals surface area contributed by atoms with Crippen molar-refractivity contribution in [1.29, 1.82) is 0 Å². The largest absolute Gasteiger partial charge is 0.444 e. The van der Waals surface area contributed by atoms with Crippen LogP contribution in [0.15, 0.2) is 15.5 Å². The van der Waals surface area contributed by atoms with Gasteiger partial charge in [-0.2, -0.15) is 5.10 Å². The lowest BCUT2D eigenvalue weighted by atomic mass is 10.2. The highest BCUT2D eigenvalue weighted by Gasteiger charge is 2.31. The van der Waals surface area contributed by atoms with Crippen LogP contribution in [0.5, 0.6) is 0 Å². The predicted molar refractivity (Wildman–Crippen MR) is 87.2 cm³/mol. The molecule has 2 rings (SSSR count). The number of rotatable bonds is 1. The molecule has 1 aromatic rings. The first-order chi connectivity index (χ1) is 10.2. The lowest BCUT2D eigenvalue weighted by Gasteiger charge is -2.41. The molecule has 1 saturated heterocycles. The average Bonchev–Trinajstić information content (AvgIpc) is 2.39. The Kier molecular flexibility index (Phi) is 4.79. The fourth-order valence-electron chi connectivity index (χ4n) is 2.36. The van der Waals surface area contributed by atoms with E-state index in [4.69, 9.17) is 4.74 Å². The lowest BCUT2D eigenvalue weighted by molar-refractivity contribution is 0.0159. The summed E-state index contributed by atoms with van der Waals surface area (Å²) in [6.07, 6.45) is 1.31. The Balaban J connectivity index is 2.08. The zero-order valence-electron chi connectivity index (χ0n) is 13.2. The zero-order chi connectivity index (χ0) is 16.5. The molecular weight excluding hydrogens is 352 g/mol. The van der Waals surface area contributed by atoms with Crippen LogP contribution in [0.25, 0.3) is 0 Å². The van der Waals surface area contributed by atoms with E-state index in [0.29, 0.717) is 24.1 Å². The van der Waals surface area contributed by atoms with E-state index in [2.05, 4.69) is 26.1 Å². The second-order valence-corrected chi connectivity index (χ2v) is 7.16. The summed E-state index contributed by atoms with van der Waals surface area (Å²) in [5, 5.41) is 6.21. The Morgan fingerprint density at radius 1 is 1.45 bits per heavy atom. The van der Waals surface area contributed by atoms with Crippen LogP contribution in [0.3, 0.4) is 0 Å². The number of nitrogens with one attached hydrogen (secondary N) is 1. The first kappa shape index (κ1) is 16.8. The summed E-state index contributed by atoms with van der Waals surface area (Å²) < 4.78 is 5.88. The molecule has 8 heteroatoms. The van der Waals surface area contributed by atoms with Crippen LogP contribution >= 0.6 is 15.9 Å². The van der Waals surface area contributed by atoms with Gasteiger partial charge in [-0.05, 0) is 43.6 Å². The average molecular weight is 373 g/mol. The van der Waals surface area contributed by atoms with Gasteiger partial charge in [0.05, 0.1) is 11.9 Å². The minimum Gasteiger partial charge on any atom is -0.444 e. The molecular formula is C14H21BrN4O3. The van der Waals surface area contributed by atoms with Gasteiger partial charge in [0, 0.05) is 25.7 Å². The number of carbonyl (C=O) groups excluding carboxylic acids is 1. The summed E-state index contributed by atoms with van der Waals surface area (Å²) in [6.45, 7) is 9.29. The molecule has 0 bridgehead atoms. The van der Waals surface area contributed by atoms with Crippen LogP contribution in [0.4, 0.5) is 10.5 Å². The van der Waals surface area contributed by atoms with Crippen molar-refractivity contribution in [3.05, 3.63) is 21.0 Å². The number of halogens is 1. The number of nitrogens with zero attached hydrogens (tertiary/aromatic N) is 3. The van der Waals surface area contributed by atoms with Crippen molar-refractivity contribution in [1.82, 2.24) is 15.1 Å². The lowest BCUT2D eigenvalue weighted by Crippen LogP contribution is -2.55. The molecule has 22 heavy (non-hydrogen) atoms. The highest BCUT2D eigenvalue weighted by molar-refractivity contribution is 9.10. The molecule has 2 heterocycles. The van der Waals surface area contributed by atoms with Gasteiger partial charge in [0.25, 0.3) is 5.56 Å². The highest BCUT2D eigenvalue weighted by Crippen LogP contribution is 2.24. The standard InChI is InChI=1S/C14H21BrN4O3/c1-9-8-18(10-7-16-17-12(20)11(10)15)5-6-19(9)13(21)22-14(2,3)4/h7,9H,5-6,8H2,1-4H3,(H,17,20)/t9-/m0/s1. The molecule has 1 aliphatic heterocycles. The van der Waals surface area contributed by atoms with Crippen LogP contribution in [0, 0.1) is 0 Å². The van der Waals surface area contributed by atoms with E-state index in [9.17, 15) is 9.59 Å². The maximum absolute atomic E-state index is 12.2. The van der Waals surface area contributed by atoms with Crippen LogP contribution in [0.2, 0.25) is 0 Å². The fourth-order valence-corrected chi connectivity index (χ4v) is 2.80. The molecule has 1 atom stereocenters. The number of hydrogen-bond acceptors (Lipinski definition) is 5. The van der Waals surface area contributed by atoms with Crippen molar-refractivity contribution in [2.24, 2.45) is 0 Å². The number of amides is 1. The van der Waals surface area contributed by atoms with Crippen molar-refractivity contribution in [3.63, 3.8) is 0 Å². The number of carbonyl (C=O) groups is 1. The van der Waals surface area contributed by atoms with Gasteiger partial charge in [-0.3, -0.25) is 4.79 Å². The van der Waals surface area contributed by atoms with E-state index in [1.165, 1.54) is 0 Å². The number of H-pyrrole nitrogens is 1. The summed E-state index contributed by atoms with van der Waals surface area (Å²) in [5.41, 5.74) is -0.0349. The SMILES string of the molecule is C[C@H]1CN(c2cn[nH]c(=O)c2Br)CCN1C(=O)OC(C)(C)C. The molecule has 1 amide bonds. The number of piperazine rings is 1. The van der Waals surface area contributed by atoms with E-state index >= 15 is 0 Å². The van der Waals surface area contributed by atoms with Gasteiger partial charge in [-0.1, -0.05) is 0 Å². The minimum atomic E-state index is -0.506. The molecule has 0 spiro atoms. The molecule has 0 aromatic carbocycles. The van der Waals surface area contributed by atoms with Crippen LogP contribution in [-0.4, -0.2) is 52.5 Å². The molecule has 0 aliphatic carbocycles. The van der Waals surface area contributed by atoms with Crippen LogP contribution in [-0.2, 0) is 4.74 Å². The molecule has 1 aliphatic rings. The second kappa shape index (κ2) is 6.28. The molecule has 122 valence electrons. The Morgan fingerprint density at radius 2 is 2.14 bits per heavy atom. The molecule has 0 radical (unpaired) electrons. The Bertz CT molecular complexity index is 611. The van der Waals surface area contributed by atoms with Crippen molar-refractivity contribution in [2.45, 2.75) is 39.3 Å². The summed E-state index contributed by atoms with van der Waals surface area (Å²) in [4.78, 5) is 27.6. The fraction of sp³-hybridized carbons (Fsp3) is 0.643. The molecule has 7 nitrogen and oxygen atoms in total. The van der Waals surface area contributed by atoms with E-state index in [-0.39, 0.29) is 17.7 Å². The Morgan fingerprint density at radius 3 is 2.73 bits per heavy atom. The topological polar surface area (TPSA) is 78.5 Å². The van der Waals surface area contributed by atoms with Gasteiger partial charge in [-0.15, -0.1) is 0 Å². The molecule has 1 fully saturated rings. The third-order valence-electron chi connectivity index (χ3n) is 3.37. The summed E-state index contributed by atoms with van der Waals surface area (Å²) >= 11 is 3.29. The number of aromatic nitrogens is 2. The predicted octanol–water partition coefficient (Wildman–Crippen LogP) is 1.98. The van der Waals surface area contributed by atoms with Crippen molar-refractivity contribution in [2.75, 3.05) is 24.5 Å². The quantitative estimate of drug-likeness (QED) is 0.815. The Hall–Kier alpha value is -1.57. The van der Waals surface area contributed by atoms with Crippen molar-refractivity contribution >= 4 is 27.7 Å². The third-order valence-corrected chi connectivity index (χ3v) is 4.14. The summed E-state index contributed by atoms with van der Waals surface area (Å²) in [5.74, 6) is 0. The van der Waals surface area contributed by atoms with E-state index in [0.717, 1.165) is 5.69 Å². The van der Waals surface area contributed by atoms with Gasteiger partial charge in [-0.25, -0.2) is 9.89 Å². The Labute approximate surface area is 137 Å². The van der Waals surface area contributed by atoms with Gasteiger partial charge < -0.3 is 14.5 Å². The number of aromatic amines is 1. The summed E-state index contributed by atoms with van der Waals surface area (Å²) in [7, 11) is 0. The zero-order valence-corrected chi connectivity index (χ0v) is 14.8. The first-order valence-corrected chi connectivity index (χ1v) is 7.96. The molecule has 0 saturated carbocycles. The molecule has 1 N–H and O–H groups in total. The van der Waals surface area contributed by atoms with E-state index in [1.807, 2.05) is 32.6 Å².